The van der Waals surface area contributed by atoms with Gasteiger partial charge in [0, 0.05) is 25.2 Å². The number of aryl methyl sites for hydroxylation is 1. The predicted molar refractivity (Wildman–Crippen MR) is 123 cm³/mol. The van der Waals surface area contributed by atoms with E-state index in [9.17, 15) is 9.18 Å². The Morgan fingerprint density at radius 1 is 1.28 bits per heavy atom. The van der Waals surface area contributed by atoms with Crippen LogP contribution in [0.2, 0.25) is 5.02 Å². The second-order valence-electron chi connectivity index (χ2n) is 9.01. The van der Waals surface area contributed by atoms with Crippen molar-refractivity contribution in [2.24, 2.45) is 0 Å². The standard InChI is InChI=1S/C25H31ClFNO4/c1-17-14-18(8-9-22(17)31-16-19-20(26)6-5-7-21(19)27)23-15-28(12-13-30-23)11-10-24(29)32-25(2,3)4/h5-9,14,23H,10-13,15-16H2,1-4H3. The van der Waals surface area contributed by atoms with E-state index in [-0.39, 0.29) is 24.5 Å². The number of benzene rings is 2. The molecule has 0 bridgehead atoms. The van der Waals surface area contributed by atoms with Crippen LogP contribution >= 0.6 is 11.6 Å². The lowest BCUT2D eigenvalue weighted by Crippen LogP contribution is -2.40. The molecule has 0 radical (unpaired) electrons. The summed E-state index contributed by atoms with van der Waals surface area (Å²) in [7, 11) is 0. The average Bonchev–Trinajstić information content (AvgIpc) is 2.72. The molecular formula is C25H31ClFNO4. The van der Waals surface area contributed by atoms with E-state index in [1.165, 1.54) is 6.07 Å². The smallest absolute Gasteiger partial charge is 0.307 e. The summed E-state index contributed by atoms with van der Waals surface area (Å²) in [5.74, 6) is 0.104. The molecule has 1 heterocycles. The van der Waals surface area contributed by atoms with Crippen molar-refractivity contribution in [3.05, 3.63) is 63.9 Å². The van der Waals surface area contributed by atoms with Crippen molar-refractivity contribution < 1.29 is 23.4 Å². The highest BCUT2D eigenvalue weighted by atomic mass is 35.5. The molecule has 1 fully saturated rings. The first-order valence-electron chi connectivity index (χ1n) is 10.8. The summed E-state index contributed by atoms with van der Waals surface area (Å²) in [6.45, 7) is 10.3. The molecule has 1 unspecified atom stereocenters. The van der Waals surface area contributed by atoms with Crippen LogP contribution in [0.15, 0.2) is 36.4 Å². The number of carbonyl (C=O) groups is 1. The second kappa shape index (κ2) is 10.6. The number of hydrogen-bond donors (Lipinski definition) is 0. The maximum absolute atomic E-state index is 14.0. The molecule has 7 heteroatoms. The first kappa shape index (κ1) is 24.5. The molecule has 174 valence electrons. The van der Waals surface area contributed by atoms with Gasteiger partial charge < -0.3 is 14.2 Å². The van der Waals surface area contributed by atoms with Gasteiger partial charge in [-0.05, 0) is 63.1 Å². The van der Waals surface area contributed by atoms with Gasteiger partial charge in [-0.1, -0.05) is 23.7 Å². The Kier molecular flexibility index (Phi) is 8.15. The zero-order chi connectivity index (χ0) is 23.3. The van der Waals surface area contributed by atoms with Crippen LogP contribution in [0.3, 0.4) is 0 Å². The van der Waals surface area contributed by atoms with Gasteiger partial charge in [-0.25, -0.2) is 4.39 Å². The fourth-order valence-corrected chi connectivity index (χ4v) is 3.82. The van der Waals surface area contributed by atoms with Crippen LogP contribution in [0.4, 0.5) is 4.39 Å². The van der Waals surface area contributed by atoms with Crippen molar-refractivity contribution in [2.75, 3.05) is 26.2 Å². The lowest BCUT2D eigenvalue weighted by molar-refractivity contribution is -0.155. The van der Waals surface area contributed by atoms with E-state index in [1.54, 1.807) is 12.1 Å². The molecule has 0 aliphatic carbocycles. The normalized spacial score (nSPS) is 17.2. The lowest BCUT2D eigenvalue weighted by atomic mass is 10.0. The minimum Gasteiger partial charge on any atom is -0.488 e. The van der Waals surface area contributed by atoms with Gasteiger partial charge in [0.2, 0.25) is 0 Å². The van der Waals surface area contributed by atoms with Crippen LogP contribution in [-0.4, -0.2) is 42.7 Å². The number of halogens is 2. The maximum atomic E-state index is 14.0. The van der Waals surface area contributed by atoms with Crippen LogP contribution in [0.1, 0.15) is 50.0 Å². The minimum absolute atomic E-state index is 0.0596. The largest absolute Gasteiger partial charge is 0.488 e. The molecule has 2 aromatic carbocycles. The summed E-state index contributed by atoms with van der Waals surface area (Å²) in [4.78, 5) is 14.2. The third-order valence-corrected chi connectivity index (χ3v) is 5.56. The number of morpholine rings is 1. The van der Waals surface area contributed by atoms with E-state index >= 15 is 0 Å². The molecule has 0 saturated carbocycles. The third kappa shape index (κ3) is 6.92. The summed E-state index contributed by atoms with van der Waals surface area (Å²) in [6, 6.07) is 10.5. The van der Waals surface area contributed by atoms with Gasteiger partial charge in [0.15, 0.2) is 0 Å². The van der Waals surface area contributed by atoms with Gasteiger partial charge >= 0.3 is 5.97 Å². The molecule has 32 heavy (non-hydrogen) atoms. The van der Waals surface area contributed by atoms with E-state index < -0.39 is 5.60 Å². The monoisotopic (exact) mass is 463 g/mol. The molecule has 0 N–H and O–H groups in total. The number of nitrogens with zero attached hydrogens (tertiary/aromatic N) is 1. The SMILES string of the molecule is Cc1cc(C2CN(CCC(=O)OC(C)(C)C)CCO2)ccc1OCc1c(F)cccc1Cl. The molecule has 1 aliphatic rings. The summed E-state index contributed by atoms with van der Waals surface area (Å²) >= 11 is 6.08. The molecule has 2 aromatic rings. The van der Waals surface area contributed by atoms with Gasteiger partial charge in [0.1, 0.15) is 23.8 Å². The number of ether oxygens (including phenoxy) is 3. The zero-order valence-electron chi connectivity index (χ0n) is 19.1. The van der Waals surface area contributed by atoms with Crippen LogP contribution in [0.5, 0.6) is 5.75 Å². The fraction of sp³-hybridized carbons (Fsp3) is 0.480. The third-order valence-electron chi connectivity index (χ3n) is 5.21. The van der Waals surface area contributed by atoms with Gasteiger partial charge in [-0.3, -0.25) is 9.69 Å². The van der Waals surface area contributed by atoms with Crippen molar-refractivity contribution in [2.45, 2.75) is 52.4 Å². The molecule has 3 rings (SSSR count). The van der Waals surface area contributed by atoms with Crippen LogP contribution < -0.4 is 4.74 Å². The highest BCUT2D eigenvalue weighted by Gasteiger charge is 2.24. The van der Waals surface area contributed by atoms with Crippen LogP contribution in [0.25, 0.3) is 0 Å². The van der Waals surface area contributed by atoms with E-state index in [4.69, 9.17) is 25.8 Å². The molecule has 1 saturated heterocycles. The average molecular weight is 464 g/mol. The summed E-state index contributed by atoms with van der Waals surface area (Å²) in [5.41, 5.74) is 1.85. The number of esters is 1. The summed E-state index contributed by atoms with van der Waals surface area (Å²) in [5, 5.41) is 0.348. The Bertz CT molecular complexity index is 924. The molecule has 0 aromatic heterocycles. The first-order valence-corrected chi connectivity index (χ1v) is 11.2. The lowest BCUT2D eigenvalue weighted by Gasteiger charge is -2.33. The van der Waals surface area contributed by atoms with Gasteiger partial charge in [0.25, 0.3) is 0 Å². The van der Waals surface area contributed by atoms with Crippen molar-refractivity contribution in [3.8, 4) is 5.75 Å². The van der Waals surface area contributed by atoms with E-state index in [1.807, 2.05) is 45.9 Å². The number of hydrogen-bond acceptors (Lipinski definition) is 5. The topological polar surface area (TPSA) is 48.0 Å². The highest BCUT2D eigenvalue weighted by molar-refractivity contribution is 6.31. The summed E-state index contributed by atoms with van der Waals surface area (Å²) in [6.07, 6.45) is 0.269. The molecule has 1 aliphatic heterocycles. The number of carbonyl (C=O) groups excluding carboxylic acids is 1. The Labute approximate surface area is 194 Å². The Hall–Kier alpha value is -2.15. The fourth-order valence-electron chi connectivity index (χ4n) is 3.60. The molecular weight excluding hydrogens is 433 g/mol. The molecule has 0 amide bonds. The zero-order valence-corrected chi connectivity index (χ0v) is 19.9. The minimum atomic E-state index is -0.469. The van der Waals surface area contributed by atoms with Crippen LogP contribution in [-0.2, 0) is 20.9 Å². The van der Waals surface area contributed by atoms with E-state index in [0.717, 1.165) is 17.7 Å². The quantitative estimate of drug-likeness (QED) is 0.509. The molecule has 0 spiro atoms. The first-order chi connectivity index (χ1) is 15.1. The van der Waals surface area contributed by atoms with Crippen molar-refractivity contribution >= 4 is 17.6 Å². The predicted octanol–water partition coefficient (Wildman–Crippen LogP) is 5.47. The maximum Gasteiger partial charge on any atom is 0.307 e. The summed E-state index contributed by atoms with van der Waals surface area (Å²) < 4.78 is 31.2. The number of rotatable bonds is 7. The van der Waals surface area contributed by atoms with Crippen LogP contribution in [0, 0.1) is 12.7 Å². The van der Waals surface area contributed by atoms with E-state index in [0.29, 0.717) is 42.5 Å². The van der Waals surface area contributed by atoms with E-state index in [2.05, 4.69) is 4.90 Å². The van der Waals surface area contributed by atoms with Gasteiger partial charge in [-0.15, -0.1) is 0 Å². The molecule has 5 nitrogen and oxygen atoms in total. The Balaban J connectivity index is 1.57. The molecule has 1 atom stereocenters. The Morgan fingerprint density at radius 3 is 2.75 bits per heavy atom. The Morgan fingerprint density at radius 2 is 2.06 bits per heavy atom. The van der Waals surface area contributed by atoms with Crippen molar-refractivity contribution in [1.29, 1.82) is 0 Å². The second-order valence-corrected chi connectivity index (χ2v) is 9.42. The van der Waals surface area contributed by atoms with Gasteiger partial charge in [-0.2, -0.15) is 0 Å². The van der Waals surface area contributed by atoms with Crippen molar-refractivity contribution in [1.82, 2.24) is 4.90 Å². The highest BCUT2D eigenvalue weighted by Crippen LogP contribution is 2.29. The van der Waals surface area contributed by atoms with Crippen molar-refractivity contribution in [3.63, 3.8) is 0 Å². The van der Waals surface area contributed by atoms with Gasteiger partial charge in [0.05, 0.1) is 24.2 Å².